The fourth-order valence-electron chi connectivity index (χ4n) is 3.54. The number of anilines is 1. The zero-order chi connectivity index (χ0) is 15.3. The smallest absolute Gasteiger partial charge is 0.0363 e. The molecule has 1 aliphatic carbocycles. The van der Waals surface area contributed by atoms with Gasteiger partial charge < -0.3 is 10.2 Å². The van der Waals surface area contributed by atoms with Gasteiger partial charge in [0.1, 0.15) is 0 Å². The molecule has 21 heavy (non-hydrogen) atoms. The van der Waals surface area contributed by atoms with Gasteiger partial charge in [-0.25, -0.2) is 0 Å². The SMILES string of the molecule is Cc1ccc(N(C)CC2(CNCC(C)C)CCCC2)cc1. The predicted molar refractivity (Wildman–Crippen MR) is 93.1 cm³/mol. The van der Waals surface area contributed by atoms with Crippen LogP contribution in [0.3, 0.4) is 0 Å². The fourth-order valence-corrected chi connectivity index (χ4v) is 3.54. The summed E-state index contributed by atoms with van der Waals surface area (Å²) in [5, 5.41) is 3.71. The van der Waals surface area contributed by atoms with Crippen molar-refractivity contribution in [3.05, 3.63) is 29.8 Å². The zero-order valence-electron chi connectivity index (χ0n) is 14.3. The predicted octanol–water partition coefficient (Wildman–Crippen LogP) is 4.24. The van der Waals surface area contributed by atoms with Crippen LogP contribution < -0.4 is 10.2 Å². The lowest BCUT2D eigenvalue weighted by Crippen LogP contribution is -2.42. The van der Waals surface area contributed by atoms with E-state index in [9.17, 15) is 0 Å². The highest BCUT2D eigenvalue weighted by molar-refractivity contribution is 5.47. The topological polar surface area (TPSA) is 15.3 Å². The molecule has 0 radical (unpaired) electrons. The van der Waals surface area contributed by atoms with Crippen LogP contribution in [0, 0.1) is 18.3 Å². The van der Waals surface area contributed by atoms with Gasteiger partial charge in [0, 0.05) is 31.2 Å². The molecule has 0 saturated heterocycles. The average molecular weight is 288 g/mol. The first kappa shape index (κ1) is 16.4. The molecule has 2 rings (SSSR count). The molecule has 0 bridgehead atoms. The van der Waals surface area contributed by atoms with Crippen LogP contribution in [-0.4, -0.2) is 26.7 Å². The lowest BCUT2D eigenvalue weighted by Gasteiger charge is -2.35. The molecule has 118 valence electrons. The van der Waals surface area contributed by atoms with Gasteiger partial charge in [-0.1, -0.05) is 44.4 Å². The normalized spacial score (nSPS) is 17.4. The van der Waals surface area contributed by atoms with Crippen molar-refractivity contribution in [1.29, 1.82) is 0 Å². The van der Waals surface area contributed by atoms with Gasteiger partial charge in [-0.15, -0.1) is 0 Å². The minimum Gasteiger partial charge on any atom is -0.374 e. The number of aryl methyl sites for hydroxylation is 1. The summed E-state index contributed by atoms with van der Waals surface area (Å²) in [6, 6.07) is 8.92. The molecule has 1 aliphatic rings. The van der Waals surface area contributed by atoms with Gasteiger partial charge in [0.05, 0.1) is 0 Å². The van der Waals surface area contributed by atoms with Crippen LogP contribution in [-0.2, 0) is 0 Å². The van der Waals surface area contributed by atoms with Crippen molar-refractivity contribution in [3.63, 3.8) is 0 Å². The second kappa shape index (κ2) is 7.31. The van der Waals surface area contributed by atoms with Gasteiger partial charge in [0.15, 0.2) is 0 Å². The average Bonchev–Trinajstić information content (AvgIpc) is 2.87. The first-order valence-corrected chi connectivity index (χ1v) is 8.49. The quantitative estimate of drug-likeness (QED) is 0.807. The molecule has 1 fully saturated rings. The Hall–Kier alpha value is -1.02. The zero-order valence-corrected chi connectivity index (χ0v) is 14.3. The third-order valence-corrected chi connectivity index (χ3v) is 4.76. The van der Waals surface area contributed by atoms with E-state index in [1.165, 1.54) is 50.0 Å². The van der Waals surface area contributed by atoms with Crippen LogP contribution >= 0.6 is 0 Å². The molecule has 1 N–H and O–H groups in total. The number of hydrogen-bond donors (Lipinski definition) is 1. The highest BCUT2D eigenvalue weighted by atomic mass is 15.1. The van der Waals surface area contributed by atoms with E-state index in [0.717, 1.165) is 12.5 Å². The van der Waals surface area contributed by atoms with Crippen LogP contribution in [0.4, 0.5) is 5.69 Å². The van der Waals surface area contributed by atoms with Gasteiger partial charge in [-0.05, 0) is 44.4 Å². The third-order valence-electron chi connectivity index (χ3n) is 4.76. The minimum atomic E-state index is 0.467. The van der Waals surface area contributed by atoms with E-state index in [4.69, 9.17) is 0 Å². The Kier molecular flexibility index (Phi) is 5.69. The number of rotatable bonds is 7. The Labute approximate surface area is 130 Å². The molecular formula is C19H32N2. The molecule has 0 spiro atoms. The summed E-state index contributed by atoms with van der Waals surface area (Å²) in [5.74, 6) is 0.735. The summed E-state index contributed by atoms with van der Waals surface area (Å²) in [6.45, 7) is 10.2. The monoisotopic (exact) mass is 288 g/mol. The minimum absolute atomic E-state index is 0.467. The maximum Gasteiger partial charge on any atom is 0.0363 e. The molecule has 1 aromatic carbocycles. The van der Waals surface area contributed by atoms with Crippen molar-refractivity contribution >= 4 is 5.69 Å². The van der Waals surface area contributed by atoms with E-state index in [1.807, 2.05) is 0 Å². The summed E-state index contributed by atoms with van der Waals surface area (Å²) >= 11 is 0. The van der Waals surface area contributed by atoms with Gasteiger partial charge in [0.25, 0.3) is 0 Å². The van der Waals surface area contributed by atoms with Crippen molar-refractivity contribution in [2.45, 2.75) is 46.5 Å². The molecule has 0 aromatic heterocycles. The molecule has 2 heteroatoms. The second-order valence-corrected chi connectivity index (χ2v) is 7.42. The Morgan fingerprint density at radius 3 is 2.33 bits per heavy atom. The molecule has 0 aliphatic heterocycles. The van der Waals surface area contributed by atoms with Gasteiger partial charge in [-0.2, -0.15) is 0 Å². The van der Waals surface area contributed by atoms with E-state index >= 15 is 0 Å². The van der Waals surface area contributed by atoms with E-state index in [0.29, 0.717) is 5.41 Å². The van der Waals surface area contributed by atoms with E-state index in [1.54, 1.807) is 0 Å². The standard InChI is InChI=1S/C19H32N2/c1-16(2)13-20-14-19(11-5-6-12-19)15-21(4)18-9-7-17(3)8-10-18/h7-10,16,20H,5-6,11-15H2,1-4H3. The summed E-state index contributed by atoms with van der Waals surface area (Å²) in [7, 11) is 2.24. The second-order valence-electron chi connectivity index (χ2n) is 7.42. The summed E-state index contributed by atoms with van der Waals surface area (Å²) in [4.78, 5) is 2.45. The lowest BCUT2D eigenvalue weighted by atomic mass is 9.85. The molecular weight excluding hydrogens is 256 g/mol. The third kappa shape index (κ3) is 4.74. The van der Waals surface area contributed by atoms with E-state index in [-0.39, 0.29) is 0 Å². The Morgan fingerprint density at radius 1 is 1.14 bits per heavy atom. The lowest BCUT2D eigenvalue weighted by molar-refractivity contribution is 0.282. The largest absolute Gasteiger partial charge is 0.374 e. The first-order valence-electron chi connectivity index (χ1n) is 8.49. The van der Waals surface area contributed by atoms with E-state index in [2.05, 4.69) is 62.3 Å². The number of nitrogens with zero attached hydrogens (tertiary/aromatic N) is 1. The number of nitrogens with one attached hydrogen (secondary N) is 1. The highest BCUT2D eigenvalue weighted by Crippen LogP contribution is 2.39. The molecule has 0 heterocycles. The highest BCUT2D eigenvalue weighted by Gasteiger charge is 2.34. The molecule has 0 atom stereocenters. The van der Waals surface area contributed by atoms with Crippen molar-refractivity contribution in [3.8, 4) is 0 Å². The van der Waals surface area contributed by atoms with Crippen molar-refractivity contribution in [2.24, 2.45) is 11.3 Å². The van der Waals surface area contributed by atoms with Gasteiger partial charge >= 0.3 is 0 Å². The van der Waals surface area contributed by atoms with Crippen LogP contribution in [0.15, 0.2) is 24.3 Å². The van der Waals surface area contributed by atoms with Crippen LogP contribution in [0.2, 0.25) is 0 Å². The first-order chi connectivity index (χ1) is 10.0. The number of hydrogen-bond acceptors (Lipinski definition) is 2. The summed E-state index contributed by atoms with van der Waals surface area (Å²) in [5.41, 5.74) is 3.14. The Morgan fingerprint density at radius 2 is 1.76 bits per heavy atom. The Balaban J connectivity index is 1.96. The van der Waals surface area contributed by atoms with Gasteiger partial charge in [-0.3, -0.25) is 0 Å². The molecule has 0 unspecified atom stereocenters. The molecule has 0 amide bonds. The Bertz CT molecular complexity index is 416. The summed E-state index contributed by atoms with van der Waals surface area (Å²) < 4.78 is 0. The molecule has 1 aromatic rings. The van der Waals surface area contributed by atoms with E-state index < -0.39 is 0 Å². The summed E-state index contributed by atoms with van der Waals surface area (Å²) in [6.07, 6.45) is 5.53. The maximum absolute atomic E-state index is 3.71. The van der Waals surface area contributed by atoms with Gasteiger partial charge in [0.2, 0.25) is 0 Å². The van der Waals surface area contributed by atoms with Crippen molar-refractivity contribution in [2.75, 3.05) is 31.6 Å². The maximum atomic E-state index is 3.71. The van der Waals surface area contributed by atoms with Crippen LogP contribution in [0.25, 0.3) is 0 Å². The number of benzene rings is 1. The molecule has 1 saturated carbocycles. The van der Waals surface area contributed by atoms with Crippen molar-refractivity contribution < 1.29 is 0 Å². The fraction of sp³-hybridized carbons (Fsp3) is 0.684. The van der Waals surface area contributed by atoms with Crippen molar-refractivity contribution in [1.82, 2.24) is 5.32 Å². The molecule has 2 nitrogen and oxygen atoms in total. The van der Waals surface area contributed by atoms with Crippen LogP contribution in [0.1, 0.15) is 45.1 Å². The van der Waals surface area contributed by atoms with Crippen LogP contribution in [0.5, 0.6) is 0 Å².